The van der Waals surface area contributed by atoms with Gasteiger partial charge >= 0.3 is 0 Å². The van der Waals surface area contributed by atoms with Crippen molar-refractivity contribution in [2.24, 2.45) is 14.1 Å². The first-order valence-corrected chi connectivity index (χ1v) is 6.41. The maximum atomic E-state index is 11.0. The van der Waals surface area contributed by atoms with Gasteiger partial charge in [-0.15, -0.1) is 0 Å². The lowest BCUT2D eigenvalue weighted by molar-refractivity contribution is 0.0868. The quantitative estimate of drug-likeness (QED) is 0.749. The Morgan fingerprint density at radius 1 is 1.00 bits per heavy atom. The van der Waals surface area contributed by atoms with Crippen LogP contribution in [0.15, 0.2) is 48.7 Å². The molecular formula is C16H18N2O. The lowest BCUT2D eigenvalue weighted by Crippen LogP contribution is -2.28. The number of para-hydroxylation sites is 1. The van der Waals surface area contributed by atoms with Crippen molar-refractivity contribution in [2.45, 2.75) is 12.5 Å². The molecule has 0 radical (unpaired) electrons. The summed E-state index contributed by atoms with van der Waals surface area (Å²) in [6.45, 7) is 1.84. The molecule has 3 rings (SSSR count). The average Bonchev–Trinajstić information content (AvgIpc) is 2.95. The summed E-state index contributed by atoms with van der Waals surface area (Å²) in [5.41, 5.74) is 1.91. The number of nitrogens with zero attached hydrogens (tertiary/aromatic N) is 2. The van der Waals surface area contributed by atoms with Crippen LogP contribution < -0.4 is 0 Å². The fourth-order valence-corrected chi connectivity index (χ4v) is 2.85. The largest absolute Gasteiger partial charge is 0.378 e. The van der Waals surface area contributed by atoms with Gasteiger partial charge in [0.2, 0.25) is 0 Å². The minimum atomic E-state index is -1.01. The zero-order valence-corrected chi connectivity index (χ0v) is 11.5. The maximum absolute atomic E-state index is 11.0. The van der Waals surface area contributed by atoms with Gasteiger partial charge in [0.1, 0.15) is 5.60 Å². The molecule has 19 heavy (non-hydrogen) atoms. The summed E-state index contributed by atoms with van der Waals surface area (Å²) >= 11 is 0. The maximum Gasteiger partial charge on any atom is 0.141 e. The van der Waals surface area contributed by atoms with E-state index in [1.165, 1.54) is 0 Å². The second kappa shape index (κ2) is 4.00. The predicted octanol–water partition coefficient (Wildman–Crippen LogP) is 2.77. The zero-order valence-electron chi connectivity index (χ0n) is 11.5. The number of fused-ring (bicyclic) bond motifs is 1. The van der Waals surface area contributed by atoms with E-state index in [9.17, 15) is 5.11 Å². The summed E-state index contributed by atoms with van der Waals surface area (Å²) in [6, 6.07) is 14.1. The Morgan fingerprint density at radius 3 is 2.37 bits per heavy atom. The highest BCUT2D eigenvalue weighted by molar-refractivity contribution is 5.81. The van der Waals surface area contributed by atoms with Gasteiger partial charge in [0, 0.05) is 25.8 Å². The Morgan fingerprint density at radius 2 is 1.74 bits per heavy atom. The van der Waals surface area contributed by atoms with Crippen LogP contribution in [0.2, 0.25) is 0 Å². The standard InChI is InChI=1S/C16H18N2O/c1-16(19,14-9-6-10-17(14)2)15-11-12-7-4-5-8-13(12)18(15)3/h4-11,19H,1-3H3. The summed E-state index contributed by atoms with van der Waals surface area (Å²) in [7, 11) is 3.95. The SMILES string of the molecule is Cn1cccc1C(C)(O)c1cc2ccccc2n1C. The minimum absolute atomic E-state index is 0.887. The Kier molecular flexibility index (Phi) is 2.54. The van der Waals surface area contributed by atoms with Gasteiger partial charge in [0.05, 0.1) is 11.4 Å². The van der Waals surface area contributed by atoms with E-state index in [0.717, 1.165) is 22.3 Å². The van der Waals surface area contributed by atoms with E-state index in [2.05, 4.69) is 22.8 Å². The Bertz CT molecular complexity index is 734. The van der Waals surface area contributed by atoms with Crippen LogP contribution in [-0.2, 0) is 19.7 Å². The van der Waals surface area contributed by atoms with Crippen LogP contribution in [0.4, 0.5) is 0 Å². The van der Waals surface area contributed by atoms with Crippen LogP contribution in [0.25, 0.3) is 10.9 Å². The third kappa shape index (κ3) is 1.70. The van der Waals surface area contributed by atoms with Gasteiger partial charge in [-0.25, -0.2) is 0 Å². The monoisotopic (exact) mass is 254 g/mol. The molecule has 0 aliphatic heterocycles. The summed E-state index contributed by atoms with van der Waals surface area (Å²) in [4.78, 5) is 0. The molecule has 1 aromatic carbocycles. The topological polar surface area (TPSA) is 30.1 Å². The number of hydrogen-bond donors (Lipinski definition) is 1. The lowest BCUT2D eigenvalue weighted by atomic mass is 9.97. The number of aromatic nitrogens is 2. The lowest BCUT2D eigenvalue weighted by Gasteiger charge is -2.25. The van der Waals surface area contributed by atoms with Crippen LogP contribution in [0.1, 0.15) is 18.3 Å². The second-order valence-corrected chi connectivity index (χ2v) is 5.22. The van der Waals surface area contributed by atoms with E-state index in [1.807, 2.05) is 56.0 Å². The van der Waals surface area contributed by atoms with Crippen molar-refractivity contribution in [1.82, 2.24) is 9.13 Å². The third-order valence-electron chi connectivity index (χ3n) is 3.89. The molecule has 2 heterocycles. The number of hydrogen-bond acceptors (Lipinski definition) is 1. The van der Waals surface area contributed by atoms with Gasteiger partial charge in [-0.2, -0.15) is 0 Å². The van der Waals surface area contributed by atoms with Crippen LogP contribution in [0.3, 0.4) is 0 Å². The van der Waals surface area contributed by atoms with E-state index >= 15 is 0 Å². The molecule has 0 aliphatic carbocycles. The fourth-order valence-electron chi connectivity index (χ4n) is 2.85. The van der Waals surface area contributed by atoms with Gasteiger partial charge in [-0.05, 0) is 36.6 Å². The van der Waals surface area contributed by atoms with E-state index in [-0.39, 0.29) is 0 Å². The van der Waals surface area contributed by atoms with Gasteiger partial charge in [-0.1, -0.05) is 18.2 Å². The van der Waals surface area contributed by atoms with Gasteiger partial charge in [-0.3, -0.25) is 0 Å². The highest BCUT2D eigenvalue weighted by atomic mass is 16.3. The van der Waals surface area contributed by atoms with Crippen molar-refractivity contribution < 1.29 is 5.11 Å². The van der Waals surface area contributed by atoms with Gasteiger partial charge in [0.15, 0.2) is 0 Å². The summed E-state index contributed by atoms with van der Waals surface area (Å²) < 4.78 is 4.01. The predicted molar refractivity (Wildman–Crippen MR) is 77.0 cm³/mol. The minimum Gasteiger partial charge on any atom is -0.378 e. The summed E-state index contributed by atoms with van der Waals surface area (Å²) in [5.74, 6) is 0. The highest BCUT2D eigenvalue weighted by Crippen LogP contribution is 2.32. The second-order valence-electron chi connectivity index (χ2n) is 5.22. The average molecular weight is 254 g/mol. The first-order valence-electron chi connectivity index (χ1n) is 6.41. The molecule has 1 atom stereocenters. The normalized spacial score (nSPS) is 14.7. The van der Waals surface area contributed by atoms with E-state index in [1.54, 1.807) is 0 Å². The molecule has 0 saturated carbocycles. The van der Waals surface area contributed by atoms with Crippen LogP contribution in [0, 0.1) is 0 Å². The molecule has 3 aromatic rings. The van der Waals surface area contributed by atoms with Crippen molar-refractivity contribution in [3.05, 3.63) is 60.0 Å². The molecule has 0 bridgehead atoms. The van der Waals surface area contributed by atoms with Crippen molar-refractivity contribution in [2.75, 3.05) is 0 Å². The molecule has 1 N–H and O–H groups in total. The molecule has 0 aliphatic rings. The van der Waals surface area contributed by atoms with Crippen molar-refractivity contribution in [1.29, 1.82) is 0 Å². The van der Waals surface area contributed by atoms with E-state index in [4.69, 9.17) is 0 Å². The Balaban J connectivity index is 2.24. The number of rotatable bonds is 2. The molecule has 1 unspecified atom stereocenters. The molecule has 0 amide bonds. The van der Waals surface area contributed by atoms with Crippen LogP contribution in [-0.4, -0.2) is 14.2 Å². The fraction of sp³-hybridized carbons (Fsp3) is 0.250. The summed E-state index contributed by atoms with van der Waals surface area (Å²) in [6.07, 6.45) is 1.95. The number of aryl methyl sites for hydroxylation is 2. The summed E-state index contributed by atoms with van der Waals surface area (Å²) in [5, 5.41) is 12.1. The molecule has 3 nitrogen and oxygen atoms in total. The zero-order chi connectivity index (χ0) is 13.6. The molecule has 0 spiro atoms. The number of aliphatic hydroxyl groups is 1. The molecule has 3 heteroatoms. The highest BCUT2D eigenvalue weighted by Gasteiger charge is 2.31. The first-order chi connectivity index (χ1) is 9.01. The van der Waals surface area contributed by atoms with Crippen LogP contribution in [0.5, 0.6) is 0 Å². The van der Waals surface area contributed by atoms with Gasteiger partial charge < -0.3 is 14.2 Å². The smallest absolute Gasteiger partial charge is 0.141 e. The van der Waals surface area contributed by atoms with E-state index in [0.29, 0.717) is 0 Å². The number of benzene rings is 1. The molecule has 0 saturated heterocycles. The molecule has 2 aromatic heterocycles. The van der Waals surface area contributed by atoms with Crippen molar-refractivity contribution in [3.63, 3.8) is 0 Å². The van der Waals surface area contributed by atoms with Crippen molar-refractivity contribution in [3.8, 4) is 0 Å². The van der Waals surface area contributed by atoms with Gasteiger partial charge in [0.25, 0.3) is 0 Å². The molecular weight excluding hydrogens is 236 g/mol. The Labute approximate surface area is 112 Å². The first kappa shape index (κ1) is 12.1. The third-order valence-corrected chi connectivity index (χ3v) is 3.89. The van der Waals surface area contributed by atoms with Crippen LogP contribution >= 0.6 is 0 Å². The molecule has 98 valence electrons. The van der Waals surface area contributed by atoms with Crippen molar-refractivity contribution >= 4 is 10.9 Å². The Hall–Kier alpha value is -2.00. The van der Waals surface area contributed by atoms with E-state index < -0.39 is 5.60 Å². The molecule has 0 fully saturated rings.